The van der Waals surface area contributed by atoms with E-state index in [1.165, 1.54) is 16.7 Å². The van der Waals surface area contributed by atoms with Crippen molar-refractivity contribution in [2.24, 2.45) is 0 Å². The predicted octanol–water partition coefficient (Wildman–Crippen LogP) is 6.02. The SMILES string of the molecule is CCc1ccc(C(=O)O)cc1SNc1cc(C(F)(F)F)c(F)cc1-n1cccc1. The molecule has 0 spiro atoms. The number of aromatic carboxylic acids is 1. The second kappa shape index (κ2) is 8.20. The van der Waals surface area contributed by atoms with E-state index in [2.05, 4.69) is 4.72 Å². The van der Waals surface area contributed by atoms with Gasteiger partial charge in [0.25, 0.3) is 0 Å². The van der Waals surface area contributed by atoms with Gasteiger partial charge in [0, 0.05) is 23.4 Å². The third-order valence-corrected chi connectivity index (χ3v) is 5.16. The second-order valence-corrected chi connectivity index (χ2v) is 6.97. The Kier molecular flexibility index (Phi) is 5.88. The Morgan fingerprint density at radius 1 is 1.17 bits per heavy atom. The minimum atomic E-state index is -4.85. The molecule has 1 aromatic heterocycles. The highest BCUT2D eigenvalue weighted by atomic mass is 32.2. The van der Waals surface area contributed by atoms with E-state index >= 15 is 0 Å². The van der Waals surface area contributed by atoms with Gasteiger partial charge in [-0.1, -0.05) is 13.0 Å². The molecule has 0 fully saturated rings. The molecule has 0 saturated carbocycles. The van der Waals surface area contributed by atoms with E-state index in [1.54, 1.807) is 30.6 Å². The number of benzene rings is 2. The fourth-order valence-electron chi connectivity index (χ4n) is 2.76. The molecule has 1 heterocycles. The monoisotopic (exact) mass is 424 g/mol. The molecule has 2 aromatic carbocycles. The van der Waals surface area contributed by atoms with Crippen LogP contribution in [0.15, 0.2) is 59.8 Å². The molecule has 29 heavy (non-hydrogen) atoms. The lowest BCUT2D eigenvalue weighted by atomic mass is 10.1. The second-order valence-electron chi connectivity index (χ2n) is 6.12. The maximum Gasteiger partial charge on any atom is 0.419 e. The molecular formula is C20H16F4N2O2S. The van der Waals surface area contributed by atoms with Gasteiger partial charge in [-0.3, -0.25) is 0 Å². The summed E-state index contributed by atoms with van der Waals surface area (Å²) in [6.45, 7) is 1.88. The molecule has 0 aliphatic heterocycles. The van der Waals surface area contributed by atoms with Gasteiger partial charge in [-0.15, -0.1) is 0 Å². The zero-order chi connectivity index (χ0) is 21.2. The average Bonchev–Trinajstić information content (AvgIpc) is 3.20. The largest absolute Gasteiger partial charge is 0.478 e. The van der Waals surface area contributed by atoms with E-state index in [9.17, 15) is 27.5 Å². The number of carboxylic acids is 1. The van der Waals surface area contributed by atoms with Crippen molar-refractivity contribution >= 4 is 23.6 Å². The fourth-order valence-corrected chi connectivity index (χ4v) is 3.67. The number of rotatable bonds is 6. The molecule has 3 rings (SSSR count). The van der Waals surface area contributed by atoms with E-state index in [-0.39, 0.29) is 16.9 Å². The number of anilines is 1. The Bertz CT molecular complexity index is 1030. The van der Waals surface area contributed by atoms with E-state index in [4.69, 9.17) is 0 Å². The van der Waals surface area contributed by atoms with Crippen molar-refractivity contribution in [3.63, 3.8) is 0 Å². The zero-order valence-electron chi connectivity index (χ0n) is 15.1. The Labute approximate surface area is 168 Å². The fraction of sp³-hybridized carbons (Fsp3) is 0.150. The molecule has 0 aliphatic carbocycles. The molecule has 0 saturated heterocycles. The van der Waals surface area contributed by atoms with Crippen LogP contribution in [0.5, 0.6) is 0 Å². The number of halogens is 4. The van der Waals surface area contributed by atoms with Crippen molar-refractivity contribution in [1.29, 1.82) is 0 Å². The molecule has 0 radical (unpaired) electrons. The van der Waals surface area contributed by atoms with Gasteiger partial charge in [-0.05, 0) is 54.3 Å². The molecule has 3 aromatic rings. The summed E-state index contributed by atoms with van der Waals surface area (Å²) in [5.41, 5.74) is -0.255. The smallest absolute Gasteiger partial charge is 0.419 e. The van der Waals surface area contributed by atoms with Crippen LogP contribution in [0.1, 0.15) is 28.4 Å². The number of aryl methyl sites for hydroxylation is 1. The molecule has 0 unspecified atom stereocenters. The van der Waals surface area contributed by atoms with Crippen molar-refractivity contribution in [3.05, 3.63) is 77.4 Å². The number of alkyl halides is 3. The minimum absolute atomic E-state index is 0.0442. The quantitative estimate of drug-likeness (QED) is 0.376. The summed E-state index contributed by atoms with van der Waals surface area (Å²) in [6, 6.07) is 9.44. The Morgan fingerprint density at radius 3 is 2.45 bits per heavy atom. The predicted molar refractivity (Wildman–Crippen MR) is 103 cm³/mol. The van der Waals surface area contributed by atoms with E-state index in [0.29, 0.717) is 17.4 Å². The van der Waals surface area contributed by atoms with Crippen LogP contribution < -0.4 is 4.72 Å². The summed E-state index contributed by atoms with van der Waals surface area (Å²) < 4.78 is 58.0. The Balaban J connectivity index is 2.02. The summed E-state index contributed by atoms with van der Waals surface area (Å²) in [5, 5.41) is 9.18. The number of hydrogen-bond donors (Lipinski definition) is 2. The van der Waals surface area contributed by atoms with Crippen molar-refractivity contribution in [2.45, 2.75) is 24.4 Å². The van der Waals surface area contributed by atoms with Gasteiger partial charge >= 0.3 is 12.1 Å². The zero-order valence-corrected chi connectivity index (χ0v) is 15.9. The summed E-state index contributed by atoms with van der Waals surface area (Å²) >= 11 is 0.976. The normalized spacial score (nSPS) is 11.5. The van der Waals surface area contributed by atoms with Crippen LogP contribution in [0.4, 0.5) is 23.2 Å². The number of aromatic nitrogens is 1. The average molecular weight is 424 g/mol. The van der Waals surface area contributed by atoms with E-state index in [1.807, 2.05) is 6.92 Å². The van der Waals surface area contributed by atoms with Gasteiger partial charge in [-0.2, -0.15) is 13.2 Å². The molecule has 4 nitrogen and oxygen atoms in total. The van der Waals surface area contributed by atoms with E-state index in [0.717, 1.165) is 23.6 Å². The van der Waals surface area contributed by atoms with Crippen LogP contribution in [0.2, 0.25) is 0 Å². The Morgan fingerprint density at radius 2 is 1.86 bits per heavy atom. The first-order valence-electron chi connectivity index (χ1n) is 8.54. The number of carbonyl (C=O) groups is 1. The van der Waals surface area contributed by atoms with Crippen LogP contribution >= 0.6 is 11.9 Å². The van der Waals surface area contributed by atoms with Crippen LogP contribution in [-0.4, -0.2) is 15.6 Å². The summed E-state index contributed by atoms with van der Waals surface area (Å²) in [5.74, 6) is -2.48. The van der Waals surface area contributed by atoms with Gasteiger partial charge in [0.2, 0.25) is 0 Å². The lowest BCUT2D eigenvalue weighted by Gasteiger charge is -2.17. The van der Waals surface area contributed by atoms with Gasteiger partial charge in [0.05, 0.1) is 22.5 Å². The highest BCUT2D eigenvalue weighted by Crippen LogP contribution is 2.37. The van der Waals surface area contributed by atoms with Crippen molar-refractivity contribution in [2.75, 3.05) is 4.72 Å². The van der Waals surface area contributed by atoms with Gasteiger partial charge < -0.3 is 14.4 Å². The molecule has 0 amide bonds. The molecule has 2 N–H and O–H groups in total. The molecule has 0 bridgehead atoms. The molecule has 0 aliphatic rings. The molecule has 0 atom stereocenters. The number of carboxylic acid groups (broad SMARTS) is 1. The minimum Gasteiger partial charge on any atom is -0.478 e. The topological polar surface area (TPSA) is 54.3 Å². The lowest BCUT2D eigenvalue weighted by Crippen LogP contribution is -2.10. The summed E-state index contributed by atoms with van der Waals surface area (Å²) in [4.78, 5) is 11.8. The highest BCUT2D eigenvalue weighted by Gasteiger charge is 2.35. The van der Waals surface area contributed by atoms with Crippen LogP contribution in [-0.2, 0) is 12.6 Å². The van der Waals surface area contributed by atoms with Crippen molar-refractivity contribution in [1.82, 2.24) is 4.57 Å². The molecule has 152 valence electrons. The molecular weight excluding hydrogens is 408 g/mol. The van der Waals surface area contributed by atoms with Crippen LogP contribution in [0.3, 0.4) is 0 Å². The van der Waals surface area contributed by atoms with Gasteiger partial charge in [0.1, 0.15) is 5.82 Å². The van der Waals surface area contributed by atoms with Crippen molar-refractivity contribution in [3.8, 4) is 5.69 Å². The molecule has 9 heteroatoms. The van der Waals surface area contributed by atoms with E-state index < -0.39 is 23.5 Å². The number of nitrogens with zero attached hydrogens (tertiary/aromatic N) is 1. The standard InChI is InChI=1S/C20H16F4N2O2S/c1-2-12-5-6-13(19(27)28)9-18(12)29-25-16-10-14(20(22,23)24)15(21)11-17(16)26-7-3-4-8-26/h3-11,25H,2H2,1H3,(H,27,28). The number of nitrogens with one attached hydrogen (secondary N) is 1. The summed E-state index contributed by atoms with van der Waals surface area (Å²) in [7, 11) is 0. The first-order chi connectivity index (χ1) is 13.7. The maximum atomic E-state index is 14.1. The third kappa shape index (κ3) is 4.56. The lowest BCUT2D eigenvalue weighted by molar-refractivity contribution is -0.139. The van der Waals surface area contributed by atoms with Crippen LogP contribution in [0.25, 0.3) is 5.69 Å². The van der Waals surface area contributed by atoms with Gasteiger partial charge in [0.15, 0.2) is 0 Å². The van der Waals surface area contributed by atoms with Crippen molar-refractivity contribution < 1.29 is 27.5 Å². The number of hydrogen-bond acceptors (Lipinski definition) is 3. The van der Waals surface area contributed by atoms with Crippen LogP contribution in [0, 0.1) is 5.82 Å². The summed E-state index contributed by atoms with van der Waals surface area (Å²) in [6.07, 6.45) is -1.08. The first kappa shape index (κ1) is 20.8. The Hall–Kier alpha value is -2.94. The highest BCUT2D eigenvalue weighted by molar-refractivity contribution is 8.00. The van der Waals surface area contributed by atoms with Gasteiger partial charge in [-0.25, -0.2) is 9.18 Å². The third-order valence-electron chi connectivity index (χ3n) is 4.24. The first-order valence-corrected chi connectivity index (χ1v) is 9.35. The maximum absolute atomic E-state index is 14.1.